The number of nitrogens with zero attached hydrogens (tertiary/aromatic N) is 3. The third-order valence-corrected chi connectivity index (χ3v) is 1.84. The van der Waals surface area contributed by atoms with Gasteiger partial charge in [-0.1, -0.05) is 24.9 Å². The van der Waals surface area contributed by atoms with Crippen LogP contribution in [-0.4, -0.2) is 24.1 Å². The first-order valence-corrected chi connectivity index (χ1v) is 4.72. The molecule has 1 heterocycles. The van der Waals surface area contributed by atoms with E-state index in [4.69, 9.17) is 11.6 Å². The minimum absolute atomic E-state index is 0.516. The second-order valence-corrected chi connectivity index (χ2v) is 3.51. The molecule has 0 amide bonds. The van der Waals surface area contributed by atoms with Crippen LogP contribution in [0.2, 0.25) is 5.15 Å². The van der Waals surface area contributed by atoms with E-state index in [2.05, 4.69) is 16.9 Å². The van der Waals surface area contributed by atoms with Gasteiger partial charge in [0.2, 0.25) is 5.95 Å². The van der Waals surface area contributed by atoms with Gasteiger partial charge < -0.3 is 4.90 Å². The van der Waals surface area contributed by atoms with Crippen LogP contribution in [-0.2, 0) is 6.42 Å². The van der Waals surface area contributed by atoms with Gasteiger partial charge in [0, 0.05) is 19.8 Å². The van der Waals surface area contributed by atoms with E-state index in [1.165, 1.54) is 0 Å². The number of aromatic nitrogens is 2. The number of aryl methyl sites for hydroxylation is 1. The summed E-state index contributed by atoms with van der Waals surface area (Å²) < 4.78 is 0. The van der Waals surface area contributed by atoms with Crippen molar-refractivity contribution in [1.29, 1.82) is 0 Å². The zero-order valence-corrected chi connectivity index (χ0v) is 8.97. The normalized spacial score (nSPS) is 10.2. The molecule has 0 aliphatic heterocycles. The highest BCUT2D eigenvalue weighted by molar-refractivity contribution is 6.29. The summed E-state index contributed by atoms with van der Waals surface area (Å²) in [6, 6.07) is 1.82. The second kappa shape index (κ2) is 4.42. The Bertz CT molecular complexity index is 286. The molecule has 0 aliphatic rings. The van der Waals surface area contributed by atoms with Crippen molar-refractivity contribution in [3.63, 3.8) is 0 Å². The minimum atomic E-state index is 0.516. The lowest BCUT2D eigenvalue weighted by Crippen LogP contribution is -2.13. The van der Waals surface area contributed by atoms with Crippen LogP contribution < -0.4 is 4.90 Å². The van der Waals surface area contributed by atoms with E-state index in [1.54, 1.807) is 0 Å². The van der Waals surface area contributed by atoms with Crippen LogP contribution >= 0.6 is 11.6 Å². The average molecular weight is 200 g/mol. The zero-order chi connectivity index (χ0) is 9.84. The highest BCUT2D eigenvalue weighted by atomic mass is 35.5. The van der Waals surface area contributed by atoms with Gasteiger partial charge in [-0.05, 0) is 12.5 Å². The molecule has 0 fully saturated rings. The molecule has 1 rings (SSSR count). The van der Waals surface area contributed by atoms with Crippen LogP contribution in [0.4, 0.5) is 5.95 Å². The highest BCUT2D eigenvalue weighted by Gasteiger charge is 2.03. The lowest BCUT2D eigenvalue weighted by molar-refractivity contribution is 0.860. The molecule has 0 saturated carbocycles. The van der Waals surface area contributed by atoms with Crippen molar-refractivity contribution in [2.24, 2.45) is 0 Å². The Morgan fingerprint density at radius 3 is 2.62 bits per heavy atom. The lowest BCUT2D eigenvalue weighted by atomic mass is 10.2. The standard InChI is InChI=1S/C9H14ClN3/c1-4-5-7-6-8(10)12-9(11-7)13(2)3/h6H,4-5H2,1-3H3. The van der Waals surface area contributed by atoms with E-state index >= 15 is 0 Å². The van der Waals surface area contributed by atoms with Gasteiger partial charge in [-0.25, -0.2) is 9.97 Å². The summed E-state index contributed by atoms with van der Waals surface area (Å²) in [4.78, 5) is 10.3. The van der Waals surface area contributed by atoms with Gasteiger partial charge >= 0.3 is 0 Å². The van der Waals surface area contributed by atoms with Crippen LogP contribution in [0.1, 0.15) is 19.0 Å². The van der Waals surface area contributed by atoms with Gasteiger partial charge in [0.15, 0.2) is 0 Å². The molecule has 0 spiro atoms. The van der Waals surface area contributed by atoms with E-state index in [1.807, 2.05) is 25.1 Å². The van der Waals surface area contributed by atoms with Crippen LogP contribution in [0.3, 0.4) is 0 Å². The van der Waals surface area contributed by atoms with Crippen molar-refractivity contribution in [2.45, 2.75) is 19.8 Å². The summed E-state index contributed by atoms with van der Waals surface area (Å²) >= 11 is 5.85. The monoisotopic (exact) mass is 199 g/mol. The molecule has 72 valence electrons. The van der Waals surface area contributed by atoms with Crippen molar-refractivity contribution in [1.82, 2.24) is 9.97 Å². The highest BCUT2D eigenvalue weighted by Crippen LogP contribution is 2.13. The van der Waals surface area contributed by atoms with E-state index < -0.39 is 0 Å². The fraction of sp³-hybridized carbons (Fsp3) is 0.556. The third kappa shape index (κ3) is 2.84. The number of anilines is 1. The fourth-order valence-electron chi connectivity index (χ4n) is 1.04. The first kappa shape index (κ1) is 10.3. The summed E-state index contributed by atoms with van der Waals surface area (Å²) in [6.07, 6.45) is 2.02. The summed E-state index contributed by atoms with van der Waals surface area (Å²) in [7, 11) is 3.81. The maximum atomic E-state index is 5.85. The average Bonchev–Trinajstić information content (AvgIpc) is 2.03. The van der Waals surface area contributed by atoms with Crippen LogP contribution in [0, 0.1) is 0 Å². The van der Waals surface area contributed by atoms with Crippen molar-refractivity contribution >= 4 is 17.5 Å². The predicted molar refractivity (Wildman–Crippen MR) is 55.4 cm³/mol. The molecule has 0 radical (unpaired) electrons. The summed E-state index contributed by atoms with van der Waals surface area (Å²) in [5.41, 5.74) is 1.01. The Hall–Kier alpha value is -0.830. The molecule has 3 nitrogen and oxygen atoms in total. The van der Waals surface area contributed by atoms with Gasteiger partial charge in [0.1, 0.15) is 5.15 Å². The maximum absolute atomic E-state index is 5.85. The molecule has 0 aliphatic carbocycles. The molecular weight excluding hydrogens is 186 g/mol. The molecule has 0 bridgehead atoms. The van der Waals surface area contributed by atoms with Crippen molar-refractivity contribution in [3.8, 4) is 0 Å². The molecule has 0 atom stereocenters. The Morgan fingerprint density at radius 2 is 2.08 bits per heavy atom. The number of hydrogen-bond acceptors (Lipinski definition) is 3. The van der Waals surface area contributed by atoms with Crippen LogP contribution in [0.5, 0.6) is 0 Å². The van der Waals surface area contributed by atoms with Gasteiger partial charge in [-0.3, -0.25) is 0 Å². The quantitative estimate of drug-likeness (QED) is 0.699. The molecule has 0 saturated heterocycles. The smallest absolute Gasteiger partial charge is 0.226 e. The van der Waals surface area contributed by atoms with Crippen LogP contribution in [0.15, 0.2) is 6.07 Å². The lowest BCUT2D eigenvalue weighted by Gasteiger charge is -2.11. The summed E-state index contributed by atoms with van der Waals surface area (Å²) in [5.74, 6) is 0.677. The second-order valence-electron chi connectivity index (χ2n) is 3.13. The minimum Gasteiger partial charge on any atom is -0.347 e. The first-order chi connectivity index (χ1) is 6.13. The molecule has 4 heteroatoms. The fourth-order valence-corrected chi connectivity index (χ4v) is 1.24. The maximum Gasteiger partial charge on any atom is 0.226 e. The largest absolute Gasteiger partial charge is 0.347 e. The molecule has 0 unspecified atom stereocenters. The first-order valence-electron chi connectivity index (χ1n) is 4.34. The Balaban J connectivity index is 2.96. The zero-order valence-electron chi connectivity index (χ0n) is 8.21. The number of rotatable bonds is 3. The van der Waals surface area contributed by atoms with Crippen molar-refractivity contribution in [3.05, 3.63) is 16.9 Å². The Morgan fingerprint density at radius 1 is 1.38 bits per heavy atom. The van der Waals surface area contributed by atoms with E-state index in [-0.39, 0.29) is 0 Å². The van der Waals surface area contributed by atoms with Crippen molar-refractivity contribution < 1.29 is 0 Å². The van der Waals surface area contributed by atoms with Gasteiger partial charge in [-0.2, -0.15) is 0 Å². The molecule has 13 heavy (non-hydrogen) atoms. The summed E-state index contributed by atoms with van der Waals surface area (Å²) in [6.45, 7) is 2.12. The molecule has 0 N–H and O–H groups in total. The summed E-state index contributed by atoms with van der Waals surface area (Å²) in [5, 5.41) is 0.516. The van der Waals surface area contributed by atoms with Crippen molar-refractivity contribution in [2.75, 3.05) is 19.0 Å². The third-order valence-electron chi connectivity index (χ3n) is 1.64. The topological polar surface area (TPSA) is 29.0 Å². The van der Waals surface area contributed by atoms with Gasteiger partial charge in [0.05, 0.1) is 0 Å². The van der Waals surface area contributed by atoms with E-state index in [0.29, 0.717) is 11.1 Å². The molecule has 1 aromatic rings. The number of hydrogen-bond donors (Lipinski definition) is 0. The molecule has 1 aromatic heterocycles. The van der Waals surface area contributed by atoms with Gasteiger partial charge in [0.25, 0.3) is 0 Å². The Labute approximate surface area is 83.8 Å². The van der Waals surface area contributed by atoms with E-state index in [0.717, 1.165) is 18.5 Å². The predicted octanol–water partition coefficient (Wildman–Crippen LogP) is 2.15. The Kier molecular flexibility index (Phi) is 3.48. The van der Waals surface area contributed by atoms with Crippen LogP contribution in [0.25, 0.3) is 0 Å². The molecular formula is C9H14ClN3. The number of halogens is 1. The van der Waals surface area contributed by atoms with Gasteiger partial charge in [-0.15, -0.1) is 0 Å². The SMILES string of the molecule is CCCc1cc(Cl)nc(N(C)C)n1. The van der Waals surface area contributed by atoms with E-state index in [9.17, 15) is 0 Å². The molecule has 0 aromatic carbocycles.